The van der Waals surface area contributed by atoms with Crippen LogP contribution in [0.1, 0.15) is 76.3 Å². The van der Waals surface area contributed by atoms with Gasteiger partial charge in [-0.25, -0.2) is 0 Å². The summed E-state index contributed by atoms with van der Waals surface area (Å²) in [6.45, 7) is 12.1. The van der Waals surface area contributed by atoms with E-state index in [1.54, 1.807) is 0 Å². The summed E-state index contributed by atoms with van der Waals surface area (Å²) in [4.78, 5) is 4.79. The van der Waals surface area contributed by atoms with Crippen LogP contribution < -0.4 is 42.9 Å². The van der Waals surface area contributed by atoms with Crippen molar-refractivity contribution < 1.29 is 10.2 Å². The SMILES string of the molecule is CCCN(CCC)c1c2cccc(N)c2c(C2C([O-])C(c3c4c(N)cccc4c(N(CCC)CCC)c4cccc(N)c34)C2[O-])c2c(N)cccc12. The van der Waals surface area contributed by atoms with Gasteiger partial charge in [-0.1, -0.05) is 76.2 Å². The molecule has 0 amide bonds. The Hall–Kier alpha value is -4.92. The molecule has 1 fully saturated rings. The van der Waals surface area contributed by atoms with Gasteiger partial charge in [0.05, 0.1) is 11.4 Å². The smallest absolute Gasteiger partial charge is 0.0527 e. The second-order valence-corrected chi connectivity index (χ2v) is 14.6. The first-order valence-electron chi connectivity index (χ1n) is 19.1. The number of hydrogen-bond donors (Lipinski definition) is 4. The third-order valence-electron chi connectivity index (χ3n) is 11.2. The highest BCUT2D eigenvalue weighted by Gasteiger charge is 2.43. The molecule has 6 aromatic rings. The number of nitrogens with zero attached hydrogens (tertiary/aromatic N) is 2. The standard InChI is InChI=1S/C44H52N6O2/c1-5-21-49(22-6-2)41-25-13-9-17-29(45)33(25)37(34-26(41)14-10-18-30(34)46)39-43(51)40(44(39)52)38-35-27(15-11-19-31(35)47)42(50(23-7-3)24-8-4)28-16-12-20-32(48)36(28)38/h9-20,39-40,43-44H,5-8,21-24,45-48H2,1-4H3/q-2. The van der Waals surface area contributed by atoms with Gasteiger partial charge >= 0.3 is 0 Å². The summed E-state index contributed by atoms with van der Waals surface area (Å²) in [6, 6.07) is 23.5. The van der Waals surface area contributed by atoms with Gasteiger partial charge < -0.3 is 42.9 Å². The minimum absolute atomic E-state index is 0.537. The summed E-state index contributed by atoms with van der Waals surface area (Å²) in [5, 5.41) is 37.1. The maximum atomic E-state index is 15.1. The molecular weight excluding hydrogens is 645 g/mol. The van der Waals surface area contributed by atoms with Crippen LogP contribution in [0.15, 0.2) is 72.8 Å². The third kappa shape index (κ3) is 5.42. The summed E-state index contributed by atoms with van der Waals surface area (Å²) in [5.74, 6) is -1.78. The van der Waals surface area contributed by atoms with E-state index >= 15 is 10.2 Å². The Bertz CT molecular complexity index is 1980. The lowest BCUT2D eigenvalue weighted by molar-refractivity contribution is -0.535. The van der Waals surface area contributed by atoms with Gasteiger partial charge in [0.2, 0.25) is 0 Å². The fourth-order valence-corrected chi connectivity index (χ4v) is 9.24. The predicted octanol–water partition coefficient (Wildman–Crippen LogP) is 7.22. The molecule has 0 saturated heterocycles. The highest BCUT2D eigenvalue weighted by atomic mass is 16.3. The molecule has 8 N–H and O–H groups in total. The molecule has 0 radical (unpaired) electrons. The van der Waals surface area contributed by atoms with E-state index in [-0.39, 0.29) is 0 Å². The van der Waals surface area contributed by atoms with Crippen LogP contribution in [0.3, 0.4) is 0 Å². The average molecular weight is 697 g/mol. The molecule has 272 valence electrons. The largest absolute Gasteiger partial charge is 0.851 e. The van der Waals surface area contributed by atoms with Crippen molar-refractivity contribution in [2.24, 2.45) is 0 Å². The molecule has 8 nitrogen and oxygen atoms in total. The zero-order chi connectivity index (χ0) is 36.8. The zero-order valence-electron chi connectivity index (χ0n) is 30.9. The van der Waals surface area contributed by atoms with Crippen LogP contribution in [0.25, 0.3) is 43.1 Å². The Kier molecular flexibility index (Phi) is 9.72. The van der Waals surface area contributed by atoms with Gasteiger partial charge in [0, 0.05) is 92.0 Å². The Morgan fingerprint density at radius 2 is 0.692 bits per heavy atom. The van der Waals surface area contributed by atoms with Gasteiger partial charge in [0.25, 0.3) is 0 Å². The first-order chi connectivity index (χ1) is 25.2. The number of hydrogen-bond acceptors (Lipinski definition) is 8. The molecule has 0 aliphatic heterocycles. The second kappa shape index (κ2) is 14.2. The van der Waals surface area contributed by atoms with E-state index in [0.29, 0.717) is 33.9 Å². The van der Waals surface area contributed by atoms with Crippen molar-refractivity contribution in [2.45, 2.75) is 77.4 Å². The van der Waals surface area contributed by atoms with E-state index < -0.39 is 24.0 Å². The second-order valence-electron chi connectivity index (χ2n) is 14.6. The summed E-state index contributed by atoms with van der Waals surface area (Å²) < 4.78 is 0. The molecular formula is C44H52N6O2-2. The molecule has 52 heavy (non-hydrogen) atoms. The maximum Gasteiger partial charge on any atom is 0.0527 e. The van der Waals surface area contributed by atoms with Gasteiger partial charge in [0.15, 0.2) is 0 Å². The maximum absolute atomic E-state index is 15.1. The molecule has 0 unspecified atom stereocenters. The number of anilines is 6. The van der Waals surface area contributed by atoms with E-state index in [1.807, 2.05) is 48.5 Å². The summed E-state index contributed by atoms with van der Waals surface area (Å²) in [5.41, 5.74) is 33.0. The Balaban J connectivity index is 1.50. The molecule has 6 aromatic carbocycles. The van der Waals surface area contributed by atoms with Crippen molar-refractivity contribution in [1.82, 2.24) is 0 Å². The average Bonchev–Trinajstić information content (AvgIpc) is 3.12. The predicted molar refractivity (Wildman–Crippen MR) is 219 cm³/mol. The van der Waals surface area contributed by atoms with Crippen molar-refractivity contribution in [3.8, 4) is 0 Å². The molecule has 1 aliphatic rings. The van der Waals surface area contributed by atoms with Crippen molar-refractivity contribution in [3.05, 3.63) is 83.9 Å². The van der Waals surface area contributed by atoms with Gasteiger partial charge in [-0.15, -0.1) is 12.2 Å². The molecule has 8 heteroatoms. The van der Waals surface area contributed by atoms with Crippen LogP contribution in [0.4, 0.5) is 34.1 Å². The first-order valence-corrected chi connectivity index (χ1v) is 19.1. The number of rotatable bonds is 12. The van der Waals surface area contributed by atoms with Crippen molar-refractivity contribution in [2.75, 3.05) is 58.9 Å². The van der Waals surface area contributed by atoms with Crippen LogP contribution >= 0.6 is 0 Å². The first kappa shape index (κ1) is 35.5. The van der Waals surface area contributed by atoms with E-state index in [1.165, 1.54) is 0 Å². The Morgan fingerprint density at radius 3 is 0.923 bits per heavy atom. The number of nitrogens with two attached hydrogens (primary N) is 4. The van der Waals surface area contributed by atoms with Crippen molar-refractivity contribution in [1.29, 1.82) is 0 Å². The van der Waals surface area contributed by atoms with E-state index in [4.69, 9.17) is 22.9 Å². The normalized spacial score (nSPS) is 18.7. The Labute approximate surface area is 307 Å². The van der Waals surface area contributed by atoms with Gasteiger partial charge in [-0.2, -0.15) is 0 Å². The monoisotopic (exact) mass is 696 g/mol. The molecule has 0 spiro atoms. The molecule has 1 aliphatic carbocycles. The fourth-order valence-electron chi connectivity index (χ4n) is 9.24. The molecule has 0 bridgehead atoms. The third-order valence-corrected chi connectivity index (χ3v) is 11.2. The van der Waals surface area contributed by atoms with Crippen molar-refractivity contribution in [3.63, 3.8) is 0 Å². The number of benzene rings is 6. The molecule has 7 rings (SSSR count). The van der Waals surface area contributed by atoms with Crippen LogP contribution in [0.5, 0.6) is 0 Å². The summed E-state index contributed by atoms with van der Waals surface area (Å²) in [6.07, 6.45) is 1.28. The van der Waals surface area contributed by atoms with E-state index in [0.717, 1.165) is 106 Å². The number of fused-ring (bicyclic) bond motifs is 4. The summed E-state index contributed by atoms with van der Waals surface area (Å²) in [7, 11) is 0. The van der Waals surface area contributed by atoms with E-state index in [9.17, 15) is 0 Å². The highest BCUT2D eigenvalue weighted by molar-refractivity contribution is 6.21. The quantitative estimate of drug-likeness (QED) is 0.0772. The van der Waals surface area contributed by atoms with E-state index in [2.05, 4.69) is 61.8 Å². The fraction of sp³-hybridized carbons (Fsp3) is 0.364. The molecule has 1 saturated carbocycles. The topological polar surface area (TPSA) is 157 Å². The van der Waals surface area contributed by atoms with Gasteiger partial charge in [0.1, 0.15) is 0 Å². The zero-order valence-corrected chi connectivity index (χ0v) is 30.9. The lowest BCUT2D eigenvalue weighted by Crippen LogP contribution is -2.63. The highest BCUT2D eigenvalue weighted by Crippen LogP contribution is 2.57. The molecule has 0 aromatic heterocycles. The minimum Gasteiger partial charge on any atom is -0.851 e. The van der Waals surface area contributed by atoms with Gasteiger partial charge in [-0.05, 0) is 72.9 Å². The lowest BCUT2D eigenvalue weighted by atomic mass is 9.60. The molecule has 0 heterocycles. The minimum atomic E-state index is -1.29. The van der Waals surface area contributed by atoms with Gasteiger partial charge in [-0.3, -0.25) is 0 Å². The Morgan fingerprint density at radius 1 is 0.442 bits per heavy atom. The molecule has 0 atom stereocenters. The van der Waals surface area contributed by atoms with Crippen molar-refractivity contribution >= 4 is 77.2 Å². The van der Waals surface area contributed by atoms with Crippen LogP contribution in [-0.2, 0) is 0 Å². The van der Waals surface area contributed by atoms with Crippen LogP contribution in [0.2, 0.25) is 0 Å². The van der Waals surface area contributed by atoms with Crippen LogP contribution in [0, 0.1) is 0 Å². The lowest BCUT2D eigenvalue weighted by Gasteiger charge is -2.62. The number of nitrogen functional groups attached to an aromatic ring is 4. The van der Waals surface area contributed by atoms with Crippen LogP contribution in [-0.4, -0.2) is 38.4 Å². The summed E-state index contributed by atoms with van der Waals surface area (Å²) >= 11 is 0.